The second-order valence-corrected chi connectivity index (χ2v) is 13.9. The van der Waals surface area contributed by atoms with Crippen molar-refractivity contribution in [3.63, 3.8) is 0 Å². The number of hydrogen-bond donors (Lipinski definition) is 0. The van der Waals surface area contributed by atoms with Gasteiger partial charge in [0, 0.05) is 33.0 Å². The molecule has 7 nitrogen and oxygen atoms in total. The van der Waals surface area contributed by atoms with Crippen LogP contribution >= 0.6 is 0 Å². The van der Waals surface area contributed by atoms with Crippen molar-refractivity contribution >= 4 is 21.8 Å². The summed E-state index contributed by atoms with van der Waals surface area (Å²) < 4.78 is 2.19. The zero-order chi connectivity index (χ0) is 37.0. The van der Waals surface area contributed by atoms with E-state index >= 15 is 0 Å². The van der Waals surface area contributed by atoms with Crippen molar-refractivity contribution in [3.8, 4) is 62.6 Å². The Hall–Kier alpha value is -7.64. The Bertz CT molecular complexity index is 2960. The standard InChI is InChI=1S/C49H31N7/c1-5-17-31(18-6-1)44-50-45(32-19-7-2-8-20-32)53-48(52-44)43-37-27-14-13-25-35(37)38-30-42-39(29-40(38)43)36-26-15-16-28-41(36)56(42)49-54-46(33-21-9-3-10-22-33)51-47(55-49)34-23-11-4-12-24-34/h1-30,43H. The predicted molar refractivity (Wildman–Crippen MR) is 222 cm³/mol. The largest absolute Gasteiger partial charge is 0.278 e. The lowest BCUT2D eigenvalue weighted by Gasteiger charge is -2.15. The summed E-state index contributed by atoms with van der Waals surface area (Å²) >= 11 is 0. The number of fused-ring (bicyclic) bond motifs is 6. The highest BCUT2D eigenvalue weighted by molar-refractivity contribution is 6.11. The first-order valence-electron chi connectivity index (χ1n) is 18.7. The van der Waals surface area contributed by atoms with Gasteiger partial charge < -0.3 is 0 Å². The summed E-state index contributed by atoms with van der Waals surface area (Å²) in [5, 5.41) is 2.20. The van der Waals surface area contributed by atoms with Crippen molar-refractivity contribution in [2.75, 3.05) is 0 Å². The fraction of sp³-hybridized carbons (Fsp3) is 0.0204. The molecule has 10 aromatic rings. The molecule has 0 saturated heterocycles. The normalized spacial score (nSPS) is 13.2. The first-order valence-corrected chi connectivity index (χ1v) is 18.7. The van der Waals surface area contributed by atoms with Crippen molar-refractivity contribution in [1.29, 1.82) is 0 Å². The lowest BCUT2D eigenvalue weighted by molar-refractivity contribution is 0.856. The molecule has 0 saturated carbocycles. The van der Waals surface area contributed by atoms with E-state index in [0.29, 0.717) is 35.1 Å². The summed E-state index contributed by atoms with van der Waals surface area (Å²) in [5.74, 6) is 3.59. The highest BCUT2D eigenvalue weighted by Gasteiger charge is 2.34. The fourth-order valence-corrected chi connectivity index (χ4v) is 8.01. The third-order valence-corrected chi connectivity index (χ3v) is 10.6. The van der Waals surface area contributed by atoms with E-state index in [1.165, 1.54) is 0 Å². The molecule has 11 rings (SSSR count). The summed E-state index contributed by atoms with van der Waals surface area (Å²) in [6.45, 7) is 0. The van der Waals surface area contributed by atoms with Gasteiger partial charge in [0.15, 0.2) is 23.3 Å². The first kappa shape index (κ1) is 31.8. The van der Waals surface area contributed by atoms with Gasteiger partial charge >= 0.3 is 0 Å². The molecular formula is C49H31N7. The molecule has 1 aliphatic rings. The minimum absolute atomic E-state index is 0.216. The van der Waals surface area contributed by atoms with Crippen molar-refractivity contribution in [3.05, 3.63) is 199 Å². The third-order valence-electron chi connectivity index (χ3n) is 10.6. The van der Waals surface area contributed by atoms with Crippen LogP contribution in [0, 0.1) is 0 Å². The summed E-state index contributed by atoms with van der Waals surface area (Å²) in [7, 11) is 0. The van der Waals surface area contributed by atoms with E-state index in [2.05, 4.69) is 89.5 Å². The van der Waals surface area contributed by atoms with Gasteiger partial charge in [0.05, 0.1) is 17.0 Å². The lowest BCUT2D eigenvalue weighted by Crippen LogP contribution is -2.09. The molecular weight excluding hydrogens is 687 g/mol. The van der Waals surface area contributed by atoms with Crippen LogP contribution in [0.2, 0.25) is 0 Å². The summed E-state index contributed by atoms with van der Waals surface area (Å²) in [4.78, 5) is 30.8. The van der Waals surface area contributed by atoms with Gasteiger partial charge in [0.25, 0.3) is 0 Å². The van der Waals surface area contributed by atoms with Crippen LogP contribution in [0.5, 0.6) is 0 Å². The number of para-hydroxylation sites is 1. The van der Waals surface area contributed by atoms with Crippen LogP contribution in [0.1, 0.15) is 22.9 Å². The average Bonchev–Trinajstić information content (AvgIpc) is 3.78. The minimum atomic E-state index is -0.216. The highest BCUT2D eigenvalue weighted by Crippen LogP contribution is 2.50. The van der Waals surface area contributed by atoms with E-state index in [4.69, 9.17) is 29.9 Å². The van der Waals surface area contributed by atoms with Gasteiger partial charge in [-0.05, 0) is 40.5 Å². The molecule has 0 bridgehead atoms. The Morgan fingerprint density at radius 2 is 0.804 bits per heavy atom. The summed E-state index contributed by atoms with van der Waals surface area (Å²) in [5.41, 5.74) is 10.4. The summed E-state index contributed by atoms with van der Waals surface area (Å²) in [6.07, 6.45) is 0. The molecule has 3 heterocycles. The molecule has 1 unspecified atom stereocenters. The first-order chi connectivity index (χ1) is 27.8. The van der Waals surface area contributed by atoms with E-state index in [1.54, 1.807) is 0 Å². The lowest BCUT2D eigenvalue weighted by atomic mass is 9.94. The monoisotopic (exact) mass is 717 g/mol. The zero-order valence-electron chi connectivity index (χ0n) is 30.0. The van der Waals surface area contributed by atoms with Crippen molar-refractivity contribution in [1.82, 2.24) is 34.5 Å². The molecule has 0 fully saturated rings. The fourth-order valence-electron chi connectivity index (χ4n) is 8.01. The van der Waals surface area contributed by atoms with Gasteiger partial charge in [-0.3, -0.25) is 4.57 Å². The molecule has 7 heteroatoms. The molecule has 0 radical (unpaired) electrons. The van der Waals surface area contributed by atoms with E-state index in [-0.39, 0.29) is 5.92 Å². The van der Waals surface area contributed by atoms with Crippen molar-refractivity contribution < 1.29 is 0 Å². The Labute approximate surface area is 322 Å². The molecule has 0 N–H and O–H groups in total. The maximum absolute atomic E-state index is 5.23. The van der Waals surface area contributed by atoms with E-state index in [9.17, 15) is 0 Å². The molecule has 262 valence electrons. The number of nitrogens with zero attached hydrogens (tertiary/aromatic N) is 7. The van der Waals surface area contributed by atoms with Crippen LogP contribution in [0.3, 0.4) is 0 Å². The van der Waals surface area contributed by atoms with Crippen LogP contribution in [-0.4, -0.2) is 34.5 Å². The Balaban J connectivity index is 1.17. The van der Waals surface area contributed by atoms with Crippen LogP contribution < -0.4 is 0 Å². The van der Waals surface area contributed by atoms with Crippen LogP contribution in [-0.2, 0) is 0 Å². The number of aromatic nitrogens is 7. The quantitative estimate of drug-likeness (QED) is 0.170. The van der Waals surface area contributed by atoms with Gasteiger partial charge in [-0.1, -0.05) is 164 Å². The van der Waals surface area contributed by atoms with Crippen molar-refractivity contribution in [2.45, 2.75) is 5.92 Å². The average molecular weight is 718 g/mol. The van der Waals surface area contributed by atoms with Gasteiger partial charge in [0.1, 0.15) is 5.82 Å². The maximum Gasteiger partial charge on any atom is 0.238 e. The Morgan fingerprint density at radius 3 is 1.36 bits per heavy atom. The highest BCUT2D eigenvalue weighted by atomic mass is 15.2. The predicted octanol–water partition coefficient (Wildman–Crippen LogP) is 11.0. The number of benzene rings is 7. The molecule has 3 aromatic heterocycles. The molecule has 0 spiro atoms. The minimum Gasteiger partial charge on any atom is -0.278 e. The van der Waals surface area contributed by atoms with Crippen LogP contribution in [0.25, 0.3) is 84.4 Å². The molecule has 1 atom stereocenters. The second kappa shape index (κ2) is 13.0. The Morgan fingerprint density at radius 1 is 0.339 bits per heavy atom. The Kier molecular flexibility index (Phi) is 7.41. The third kappa shape index (κ3) is 5.28. The van der Waals surface area contributed by atoms with E-state index in [1.807, 2.05) is 97.1 Å². The van der Waals surface area contributed by atoms with Crippen LogP contribution in [0.4, 0.5) is 0 Å². The topological polar surface area (TPSA) is 82.3 Å². The summed E-state index contributed by atoms with van der Waals surface area (Å²) in [6, 6.07) is 62.2. The van der Waals surface area contributed by atoms with E-state index < -0.39 is 0 Å². The van der Waals surface area contributed by atoms with Gasteiger partial charge in [0.2, 0.25) is 5.95 Å². The molecule has 0 aliphatic heterocycles. The molecule has 7 aromatic carbocycles. The smallest absolute Gasteiger partial charge is 0.238 e. The van der Waals surface area contributed by atoms with Gasteiger partial charge in [-0.2, -0.15) is 9.97 Å². The second-order valence-electron chi connectivity index (χ2n) is 13.9. The number of rotatable bonds is 6. The van der Waals surface area contributed by atoms with Crippen molar-refractivity contribution in [2.24, 2.45) is 0 Å². The molecule has 0 amide bonds. The van der Waals surface area contributed by atoms with Crippen LogP contribution in [0.15, 0.2) is 182 Å². The maximum atomic E-state index is 5.23. The SMILES string of the molecule is c1ccc(-c2nc(-c3ccccc3)nc(C3c4ccccc4-c4cc5c(cc43)c3ccccc3n5-c3nc(-c4ccccc4)nc(-c4ccccc4)n3)n2)cc1. The molecule has 56 heavy (non-hydrogen) atoms. The van der Waals surface area contributed by atoms with Gasteiger partial charge in [-0.25, -0.2) is 19.9 Å². The number of hydrogen-bond acceptors (Lipinski definition) is 6. The van der Waals surface area contributed by atoms with Gasteiger partial charge in [-0.15, -0.1) is 0 Å². The zero-order valence-corrected chi connectivity index (χ0v) is 30.0. The van der Waals surface area contributed by atoms with E-state index in [0.717, 1.165) is 66.3 Å². The molecule has 1 aliphatic carbocycles.